The largest absolute Gasteiger partial charge is 0.494 e. The van der Waals surface area contributed by atoms with Crippen molar-refractivity contribution in [1.29, 1.82) is 0 Å². The molecule has 0 saturated heterocycles. The van der Waals surface area contributed by atoms with Crippen molar-refractivity contribution in [3.63, 3.8) is 0 Å². The molecule has 0 saturated carbocycles. The maximum Gasteiger partial charge on any atom is 0.416 e. The van der Waals surface area contributed by atoms with Crippen molar-refractivity contribution in [1.82, 2.24) is 4.98 Å². The Balaban J connectivity index is 2.28. The van der Waals surface area contributed by atoms with E-state index in [2.05, 4.69) is 4.98 Å². The number of aromatic nitrogens is 1. The molecule has 0 aliphatic carbocycles. The average molecular weight is 375 g/mol. The molecule has 0 aliphatic heterocycles. The van der Waals surface area contributed by atoms with Crippen molar-refractivity contribution < 1.29 is 27.8 Å². The Kier molecular flexibility index (Phi) is 4.78. The fraction of sp³-hybridized carbons (Fsp3) is 0.200. The monoisotopic (exact) mass is 375 g/mol. The first-order valence-electron chi connectivity index (χ1n) is 8.20. The second-order valence-corrected chi connectivity index (χ2v) is 5.96. The number of carboxylic acids is 1. The Morgan fingerprint density at radius 3 is 2.56 bits per heavy atom. The summed E-state index contributed by atoms with van der Waals surface area (Å²) in [7, 11) is 0. The molecule has 0 spiro atoms. The summed E-state index contributed by atoms with van der Waals surface area (Å²) in [6, 6.07) is 9.53. The summed E-state index contributed by atoms with van der Waals surface area (Å²) in [6.45, 7) is 3.77. The van der Waals surface area contributed by atoms with Crippen molar-refractivity contribution in [2.24, 2.45) is 0 Å². The third-order valence-corrected chi connectivity index (χ3v) is 4.19. The topological polar surface area (TPSA) is 59.4 Å². The van der Waals surface area contributed by atoms with E-state index in [1.165, 1.54) is 12.1 Å². The summed E-state index contributed by atoms with van der Waals surface area (Å²) in [6.07, 6.45) is -4.50. The zero-order valence-electron chi connectivity index (χ0n) is 14.6. The summed E-state index contributed by atoms with van der Waals surface area (Å²) in [5.41, 5.74) is 0.256. The summed E-state index contributed by atoms with van der Waals surface area (Å²) >= 11 is 0. The first-order valence-corrected chi connectivity index (χ1v) is 8.20. The number of pyridine rings is 1. The van der Waals surface area contributed by atoms with Crippen LogP contribution in [0, 0.1) is 6.92 Å². The Morgan fingerprint density at radius 1 is 1.19 bits per heavy atom. The molecule has 3 rings (SSSR count). The molecular weight excluding hydrogens is 359 g/mol. The number of carbonyl (C=O) groups is 1. The van der Waals surface area contributed by atoms with Crippen LogP contribution in [0.5, 0.6) is 5.75 Å². The van der Waals surface area contributed by atoms with Gasteiger partial charge in [0.15, 0.2) is 0 Å². The van der Waals surface area contributed by atoms with Gasteiger partial charge < -0.3 is 9.84 Å². The number of hydrogen-bond acceptors (Lipinski definition) is 3. The molecule has 1 N–H and O–H groups in total. The van der Waals surface area contributed by atoms with Crippen LogP contribution in [0.15, 0.2) is 42.5 Å². The van der Waals surface area contributed by atoms with Gasteiger partial charge in [-0.15, -0.1) is 0 Å². The quantitative estimate of drug-likeness (QED) is 0.670. The van der Waals surface area contributed by atoms with Crippen molar-refractivity contribution in [3.8, 4) is 17.0 Å². The van der Waals surface area contributed by atoms with Crippen LogP contribution >= 0.6 is 0 Å². The van der Waals surface area contributed by atoms with Gasteiger partial charge in [-0.2, -0.15) is 13.2 Å². The number of nitrogens with zero attached hydrogens (tertiary/aromatic N) is 1. The van der Waals surface area contributed by atoms with Crippen LogP contribution in [-0.2, 0) is 6.18 Å². The van der Waals surface area contributed by atoms with E-state index in [0.29, 0.717) is 28.8 Å². The highest BCUT2D eigenvalue weighted by molar-refractivity contribution is 6.06. The Hall–Kier alpha value is -3.09. The highest BCUT2D eigenvalue weighted by Gasteiger charge is 2.31. The number of ether oxygens (including phenoxy) is 1. The number of rotatable bonds is 4. The molecule has 27 heavy (non-hydrogen) atoms. The van der Waals surface area contributed by atoms with E-state index in [1.54, 1.807) is 25.1 Å². The number of aromatic carboxylic acids is 1. The third kappa shape index (κ3) is 3.58. The lowest BCUT2D eigenvalue weighted by Gasteiger charge is -2.14. The molecule has 0 fully saturated rings. The Morgan fingerprint density at radius 2 is 1.93 bits per heavy atom. The molecule has 140 valence electrons. The number of fused-ring (bicyclic) bond motifs is 1. The summed E-state index contributed by atoms with van der Waals surface area (Å²) in [5.74, 6) is -0.678. The van der Waals surface area contributed by atoms with Crippen molar-refractivity contribution in [2.75, 3.05) is 6.61 Å². The molecule has 2 aromatic carbocycles. The van der Waals surface area contributed by atoms with Crippen LogP contribution in [0.1, 0.15) is 28.4 Å². The predicted molar refractivity (Wildman–Crippen MR) is 95.0 cm³/mol. The normalized spacial score (nSPS) is 11.6. The first kappa shape index (κ1) is 18.7. The number of hydrogen-bond donors (Lipinski definition) is 1. The Bertz CT molecular complexity index is 1030. The molecule has 0 amide bonds. The lowest BCUT2D eigenvalue weighted by Crippen LogP contribution is -2.07. The minimum absolute atomic E-state index is 0.00559. The second-order valence-electron chi connectivity index (χ2n) is 5.96. The molecule has 0 unspecified atom stereocenters. The number of benzene rings is 2. The summed E-state index contributed by atoms with van der Waals surface area (Å²) < 4.78 is 44.5. The van der Waals surface area contributed by atoms with Gasteiger partial charge in [0.05, 0.1) is 28.9 Å². The minimum Gasteiger partial charge on any atom is -0.494 e. The fourth-order valence-corrected chi connectivity index (χ4v) is 2.99. The van der Waals surface area contributed by atoms with Gasteiger partial charge in [-0.3, -0.25) is 0 Å². The molecule has 7 heteroatoms. The van der Waals surface area contributed by atoms with Gasteiger partial charge in [-0.05, 0) is 49.7 Å². The van der Waals surface area contributed by atoms with Gasteiger partial charge in [-0.1, -0.05) is 12.1 Å². The zero-order chi connectivity index (χ0) is 19.8. The SMILES string of the molecule is CCOc1ccc2nc(-c3cccc(C(F)(F)F)c3)c(C)c(C(=O)O)c2c1. The smallest absolute Gasteiger partial charge is 0.416 e. The zero-order valence-corrected chi connectivity index (χ0v) is 14.6. The lowest BCUT2D eigenvalue weighted by atomic mass is 9.96. The molecule has 1 heterocycles. The number of halogens is 3. The standard InChI is InChI=1S/C20H16F3NO3/c1-3-27-14-7-8-16-15(10-14)17(19(25)26)11(2)18(24-16)12-5-4-6-13(9-12)20(21,22)23/h4-10H,3H2,1-2H3,(H,25,26). The van der Waals surface area contributed by atoms with Crippen LogP contribution < -0.4 is 4.74 Å². The molecule has 0 atom stereocenters. The van der Waals surface area contributed by atoms with Crippen molar-refractivity contribution >= 4 is 16.9 Å². The van der Waals surface area contributed by atoms with Crippen LogP contribution in [0.3, 0.4) is 0 Å². The van der Waals surface area contributed by atoms with E-state index in [4.69, 9.17) is 4.74 Å². The van der Waals surface area contributed by atoms with Crippen LogP contribution in [0.4, 0.5) is 13.2 Å². The third-order valence-electron chi connectivity index (χ3n) is 4.19. The molecule has 1 aromatic heterocycles. The minimum atomic E-state index is -4.50. The molecule has 0 bridgehead atoms. The van der Waals surface area contributed by atoms with Gasteiger partial charge in [0.2, 0.25) is 0 Å². The highest BCUT2D eigenvalue weighted by Crippen LogP contribution is 2.35. The highest BCUT2D eigenvalue weighted by atomic mass is 19.4. The second kappa shape index (κ2) is 6.90. The maximum absolute atomic E-state index is 13.0. The van der Waals surface area contributed by atoms with Crippen LogP contribution in [0.2, 0.25) is 0 Å². The predicted octanol–water partition coefficient (Wildman–Crippen LogP) is 5.33. The first-order chi connectivity index (χ1) is 12.7. The number of alkyl halides is 3. The van der Waals surface area contributed by atoms with Crippen LogP contribution in [-0.4, -0.2) is 22.7 Å². The van der Waals surface area contributed by atoms with Crippen molar-refractivity contribution in [2.45, 2.75) is 20.0 Å². The van der Waals surface area contributed by atoms with E-state index >= 15 is 0 Å². The summed E-state index contributed by atoms with van der Waals surface area (Å²) in [4.78, 5) is 16.3. The lowest BCUT2D eigenvalue weighted by molar-refractivity contribution is -0.137. The van der Waals surface area contributed by atoms with Gasteiger partial charge in [0.25, 0.3) is 0 Å². The fourth-order valence-electron chi connectivity index (χ4n) is 2.99. The van der Waals surface area contributed by atoms with Crippen molar-refractivity contribution in [3.05, 3.63) is 59.2 Å². The Labute approximate surface area is 153 Å². The van der Waals surface area contributed by atoms with E-state index in [1.807, 2.05) is 6.92 Å². The molecule has 4 nitrogen and oxygen atoms in total. The van der Waals surface area contributed by atoms with Crippen LogP contribution in [0.25, 0.3) is 22.2 Å². The molecular formula is C20H16F3NO3. The average Bonchev–Trinajstić information content (AvgIpc) is 2.60. The van der Waals surface area contributed by atoms with Gasteiger partial charge in [0, 0.05) is 10.9 Å². The van der Waals surface area contributed by atoms with Gasteiger partial charge in [0.1, 0.15) is 5.75 Å². The molecule has 0 radical (unpaired) electrons. The summed E-state index contributed by atoms with van der Waals surface area (Å²) in [5, 5.41) is 10.1. The van der Waals surface area contributed by atoms with E-state index in [-0.39, 0.29) is 16.8 Å². The van der Waals surface area contributed by atoms with Gasteiger partial charge in [-0.25, -0.2) is 9.78 Å². The van der Waals surface area contributed by atoms with Gasteiger partial charge >= 0.3 is 12.1 Å². The maximum atomic E-state index is 13.0. The number of carboxylic acid groups (broad SMARTS) is 1. The van der Waals surface area contributed by atoms with E-state index in [9.17, 15) is 23.1 Å². The van der Waals surface area contributed by atoms with E-state index < -0.39 is 17.7 Å². The molecule has 0 aliphatic rings. The molecule has 3 aromatic rings. The van der Waals surface area contributed by atoms with E-state index in [0.717, 1.165) is 12.1 Å².